The molecule has 0 radical (unpaired) electrons. The van der Waals surface area contributed by atoms with Crippen molar-refractivity contribution < 1.29 is 23.4 Å². The average molecular weight is 314 g/mol. The lowest BCUT2D eigenvalue weighted by Gasteiger charge is -2.33. The van der Waals surface area contributed by atoms with Gasteiger partial charge in [-0.05, 0) is 43.7 Å². The quantitative estimate of drug-likeness (QED) is 0.844. The molecule has 1 amide bonds. The Hall–Kier alpha value is -1.73. The number of ether oxygens (including phenoxy) is 1. The SMILES string of the molecule is O=C(CN1CCCC[C@@H]1CO)Nc1ccc(OC(F)F)cc1. The molecule has 0 bridgehead atoms. The normalized spacial score (nSPS) is 19.2. The number of carbonyl (C=O) groups is 1. The Morgan fingerprint density at radius 2 is 2.09 bits per heavy atom. The molecule has 0 aliphatic carbocycles. The number of halogens is 2. The van der Waals surface area contributed by atoms with E-state index < -0.39 is 6.61 Å². The zero-order valence-electron chi connectivity index (χ0n) is 12.2. The van der Waals surface area contributed by atoms with Gasteiger partial charge in [-0.25, -0.2) is 0 Å². The Labute approximate surface area is 127 Å². The molecular formula is C15H20F2N2O3. The predicted octanol–water partition coefficient (Wildman–Crippen LogP) is 2.07. The molecule has 0 aromatic heterocycles. The van der Waals surface area contributed by atoms with Gasteiger partial charge in [-0.1, -0.05) is 6.42 Å². The van der Waals surface area contributed by atoms with Gasteiger partial charge in [0.25, 0.3) is 0 Å². The third-order valence-corrected chi connectivity index (χ3v) is 3.67. The summed E-state index contributed by atoms with van der Waals surface area (Å²) in [5.41, 5.74) is 0.518. The van der Waals surface area contributed by atoms with E-state index in [1.54, 1.807) is 0 Å². The van der Waals surface area contributed by atoms with E-state index in [1.165, 1.54) is 24.3 Å². The van der Waals surface area contributed by atoms with Crippen molar-refractivity contribution in [1.82, 2.24) is 4.90 Å². The molecule has 1 saturated heterocycles. The van der Waals surface area contributed by atoms with Crippen molar-refractivity contribution in [3.8, 4) is 5.75 Å². The van der Waals surface area contributed by atoms with Crippen LogP contribution in [-0.4, -0.2) is 48.3 Å². The number of alkyl halides is 2. The first-order valence-electron chi connectivity index (χ1n) is 7.28. The zero-order chi connectivity index (χ0) is 15.9. The van der Waals surface area contributed by atoms with Gasteiger partial charge in [-0.3, -0.25) is 9.69 Å². The molecule has 1 aromatic carbocycles. The van der Waals surface area contributed by atoms with Crippen molar-refractivity contribution in [2.75, 3.05) is 25.0 Å². The highest BCUT2D eigenvalue weighted by Gasteiger charge is 2.23. The Bertz CT molecular complexity index is 482. The van der Waals surface area contributed by atoms with Crippen molar-refractivity contribution in [2.45, 2.75) is 31.9 Å². The number of hydrogen-bond donors (Lipinski definition) is 2. The molecule has 22 heavy (non-hydrogen) atoms. The minimum absolute atomic E-state index is 0.0290. The summed E-state index contributed by atoms with van der Waals surface area (Å²) in [6.07, 6.45) is 2.97. The number of aliphatic hydroxyl groups is 1. The van der Waals surface area contributed by atoms with E-state index >= 15 is 0 Å². The van der Waals surface area contributed by atoms with E-state index in [4.69, 9.17) is 0 Å². The van der Waals surface area contributed by atoms with Crippen LogP contribution in [0.25, 0.3) is 0 Å². The smallest absolute Gasteiger partial charge is 0.387 e. The molecule has 0 unspecified atom stereocenters. The number of piperidine rings is 1. The van der Waals surface area contributed by atoms with Gasteiger partial charge < -0.3 is 15.2 Å². The lowest BCUT2D eigenvalue weighted by Crippen LogP contribution is -2.45. The summed E-state index contributed by atoms with van der Waals surface area (Å²) < 4.78 is 28.3. The average Bonchev–Trinajstić information content (AvgIpc) is 2.49. The third-order valence-electron chi connectivity index (χ3n) is 3.67. The number of amides is 1. The maximum absolute atomic E-state index is 12.0. The van der Waals surface area contributed by atoms with Crippen molar-refractivity contribution in [3.05, 3.63) is 24.3 Å². The van der Waals surface area contributed by atoms with Crippen LogP contribution in [0.15, 0.2) is 24.3 Å². The number of rotatable bonds is 6. The highest BCUT2D eigenvalue weighted by atomic mass is 19.3. The number of likely N-dealkylation sites (tertiary alicyclic amines) is 1. The number of hydrogen-bond acceptors (Lipinski definition) is 4. The maximum atomic E-state index is 12.0. The second kappa shape index (κ2) is 8.05. The van der Waals surface area contributed by atoms with E-state index in [-0.39, 0.29) is 30.9 Å². The molecule has 122 valence electrons. The number of nitrogens with one attached hydrogen (secondary N) is 1. The Kier molecular flexibility index (Phi) is 6.09. The summed E-state index contributed by atoms with van der Waals surface area (Å²) >= 11 is 0. The summed E-state index contributed by atoms with van der Waals surface area (Å²) in [5, 5.41) is 12.0. The van der Waals surface area contributed by atoms with Gasteiger partial charge in [0.15, 0.2) is 0 Å². The first-order valence-corrected chi connectivity index (χ1v) is 7.28. The van der Waals surface area contributed by atoms with Crippen LogP contribution >= 0.6 is 0 Å². The topological polar surface area (TPSA) is 61.8 Å². The van der Waals surface area contributed by atoms with E-state index in [1.807, 2.05) is 4.90 Å². The van der Waals surface area contributed by atoms with E-state index in [9.17, 15) is 18.7 Å². The molecule has 2 rings (SSSR count). The second-order valence-electron chi connectivity index (χ2n) is 5.25. The molecule has 1 aliphatic heterocycles. The van der Waals surface area contributed by atoms with Gasteiger partial charge in [0.05, 0.1) is 13.2 Å². The fourth-order valence-electron chi connectivity index (χ4n) is 2.58. The molecule has 0 spiro atoms. The number of nitrogens with zero attached hydrogens (tertiary/aromatic N) is 1. The molecule has 1 aromatic rings. The van der Waals surface area contributed by atoms with Crippen LogP contribution in [-0.2, 0) is 4.79 Å². The highest BCUT2D eigenvalue weighted by Crippen LogP contribution is 2.19. The lowest BCUT2D eigenvalue weighted by atomic mass is 10.0. The first-order chi connectivity index (χ1) is 10.6. The minimum atomic E-state index is -2.87. The number of aliphatic hydroxyl groups excluding tert-OH is 1. The number of anilines is 1. The lowest BCUT2D eigenvalue weighted by molar-refractivity contribution is -0.118. The summed E-state index contributed by atoms with van der Waals surface area (Å²) in [6, 6.07) is 5.80. The minimum Gasteiger partial charge on any atom is -0.435 e. The Morgan fingerprint density at radius 3 is 2.73 bits per heavy atom. The van der Waals surface area contributed by atoms with Crippen LogP contribution in [0.3, 0.4) is 0 Å². The second-order valence-corrected chi connectivity index (χ2v) is 5.25. The molecule has 7 heteroatoms. The largest absolute Gasteiger partial charge is 0.435 e. The molecular weight excluding hydrogens is 294 g/mol. The van der Waals surface area contributed by atoms with E-state index in [2.05, 4.69) is 10.1 Å². The van der Waals surface area contributed by atoms with Crippen LogP contribution in [0, 0.1) is 0 Å². The van der Waals surface area contributed by atoms with Crippen molar-refractivity contribution in [3.63, 3.8) is 0 Å². The Morgan fingerprint density at radius 1 is 1.36 bits per heavy atom. The summed E-state index contributed by atoms with van der Waals surface area (Å²) in [7, 11) is 0. The zero-order valence-corrected chi connectivity index (χ0v) is 12.2. The number of benzene rings is 1. The molecule has 1 heterocycles. The summed E-state index contributed by atoms with van der Waals surface area (Å²) in [4.78, 5) is 14.0. The molecule has 2 N–H and O–H groups in total. The van der Waals surface area contributed by atoms with Gasteiger partial charge in [-0.2, -0.15) is 8.78 Å². The first kappa shape index (κ1) is 16.6. The van der Waals surface area contributed by atoms with Crippen LogP contribution in [0.5, 0.6) is 5.75 Å². The van der Waals surface area contributed by atoms with Gasteiger partial charge in [0.1, 0.15) is 5.75 Å². The molecule has 0 saturated carbocycles. The highest BCUT2D eigenvalue weighted by molar-refractivity contribution is 5.92. The fraction of sp³-hybridized carbons (Fsp3) is 0.533. The monoisotopic (exact) mass is 314 g/mol. The van der Waals surface area contributed by atoms with Crippen LogP contribution < -0.4 is 10.1 Å². The van der Waals surface area contributed by atoms with Crippen molar-refractivity contribution in [2.24, 2.45) is 0 Å². The molecule has 1 aliphatic rings. The van der Waals surface area contributed by atoms with E-state index in [0.717, 1.165) is 25.8 Å². The van der Waals surface area contributed by atoms with Crippen LogP contribution in [0.1, 0.15) is 19.3 Å². The molecule has 1 atom stereocenters. The fourth-order valence-corrected chi connectivity index (χ4v) is 2.58. The van der Waals surface area contributed by atoms with E-state index in [0.29, 0.717) is 5.69 Å². The van der Waals surface area contributed by atoms with Crippen molar-refractivity contribution in [1.29, 1.82) is 0 Å². The van der Waals surface area contributed by atoms with Gasteiger partial charge in [0.2, 0.25) is 5.91 Å². The van der Waals surface area contributed by atoms with Gasteiger partial charge in [0, 0.05) is 11.7 Å². The summed E-state index contributed by atoms with van der Waals surface area (Å²) in [6.45, 7) is -1.82. The van der Waals surface area contributed by atoms with Crippen LogP contribution in [0.4, 0.5) is 14.5 Å². The number of carbonyl (C=O) groups excluding carboxylic acids is 1. The predicted molar refractivity (Wildman–Crippen MR) is 78.0 cm³/mol. The van der Waals surface area contributed by atoms with Gasteiger partial charge in [-0.15, -0.1) is 0 Å². The Balaban J connectivity index is 1.86. The maximum Gasteiger partial charge on any atom is 0.387 e. The third kappa shape index (κ3) is 4.92. The summed E-state index contributed by atoms with van der Waals surface area (Å²) in [5.74, 6) is -0.146. The van der Waals surface area contributed by atoms with Crippen LogP contribution in [0.2, 0.25) is 0 Å². The molecule has 5 nitrogen and oxygen atoms in total. The molecule has 1 fully saturated rings. The standard InChI is InChI=1S/C15H20F2N2O3/c16-15(17)22-13-6-4-11(5-7-13)18-14(21)9-19-8-2-1-3-12(19)10-20/h4-7,12,15,20H,1-3,8-10H2,(H,18,21)/t12-/m1/s1. The van der Waals surface area contributed by atoms with Gasteiger partial charge >= 0.3 is 6.61 Å². The van der Waals surface area contributed by atoms with Crippen molar-refractivity contribution >= 4 is 11.6 Å².